The number of methoxy groups -OCH3 is 1. The SMILES string of the molecule is COc1ccc(Br)c(CN=C=O)c1. The minimum atomic E-state index is 0.321. The van der Waals surface area contributed by atoms with Crippen molar-refractivity contribution in [2.75, 3.05) is 7.11 Å². The average Bonchev–Trinajstić information content (AvgIpc) is 2.17. The van der Waals surface area contributed by atoms with Crippen molar-refractivity contribution in [1.29, 1.82) is 0 Å². The fourth-order valence-electron chi connectivity index (χ4n) is 0.917. The number of nitrogens with zero attached hydrogens (tertiary/aromatic N) is 1. The van der Waals surface area contributed by atoms with Crippen molar-refractivity contribution in [3.8, 4) is 5.75 Å². The maximum absolute atomic E-state index is 9.91. The number of halogens is 1. The lowest BCUT2D eigenvalue weighted by Crippen LogP contribution is -1.87. The molecule has 0 heterocycles. The zero-order chi connectivity index (χ0) is 9.68. The van der Waals surface area contributed by atoms with Crippen molar-refractivity contribution >= 4 is 22.0 Å². The summed E-state index contributed by atoms with van der Waals surface area (Å²) in [5.74, 6) is 0.749. The first kappa shape index (κ1) is 9.96. The maximum atomic E-state index is 9.91. The Bertz CT molecular complexity index is 345. The highest BCUT2D eigenvalue weighted by atomic mass is 79.9. The molecule has 4 heteroatoms. The number of benzene rings is 1. The summed E-state index contributed by atoms with van der Waals surface area (Å²) in [5.41, 5.74) is 0.905. The Hall–Kier alpha value is -1.12. The van der Waals surface area contributed by atoms with Gasteiger partial charge in [0.2, 0.25) is 6.08 Å². The number of carbonyl (C=O) groups excluding carboxylic acids is 1. The number of aliphatic imine (C=N–C) groups is 1. The van der Waals surface area contributed by atoms with Gasteiger partial charge in [0.05, 0.1) is 13.7 Å². The Morgan fingerprint density at radius 2 is 2.38 bits per heavy atom. The van der Waals surface area contributed by atoms with Crippen LogP contribution >= 0.6 is 15.9 Å². The molecular weight excluding hydrogens is 234 g/mol. The molecule has 1 rings (SSSR count). The lowest BCUT2D eigenvalue weighted by atomic mass is 10.2. The van der Waals surface area contributed by atoms with Crippen LogP contribution in [0.3, 0.4) is 0 Å². The summed E-state index contributed by atoms with van der Waals surface area (Å²) in [6.07, 6.45) is 1.49. The van der Waals surface area contributed by atoms with Crippen molar-refractivity contribution in [3.63, 3.8) is 0 Å². The van der Waals surface area contributed by atoms with Crippen LogP contribution in [0, 0.1) is 0 Å². The Kier molecular flexibility index (Phi) is 3.68. The number of hydrogen-bond acceptors (Lipinski definition) is 3. The van der Waals surface area contributed by atoms with E-state index < -0.39 is 0 Å². The molecule has 0 aliphatic rings. The van der Waals surface area contributed by atoms with Gasteiger partial charge in [0.1, 0.15) is 5.75 Å². The number of ether oxygens (including phenoxy) is 1. The van der Waals surface area contributed by atoms with Gasteiger partial charge < -0.3 is 4.74 Å². The first-order valence-electron chi connectivity index (χ1n) is 3.64. The predicted octanol–water partition coefficient (Wildman–Crippen LogP) is 2.29. The summed E-state index contributed by atoms with van der Waals surface area (Å²) in [7, 11) is 1.59. The van der Waals surface area contributed by atoms with Crippen molar-refractivity contribution in [1.82, 2.24) is 0 Å². The van der Waals surface area contributed by atoms with Gasteiger partial charge in [0.15, 0.2) is 0 Å². The van der Waals surface area contributed by atoms with Gasteiger partial charge in [-0.3, -0.25) is 0 Å². The van der Waals surface area contributed by atoms with Crippen LogP contribution in [0.1, 0.15) is 5.56 Å². The zero-order valence-corrected chi connectivity index (χ0v) is 8.67. The lowest BCUT2D eigenvalue weighted by Gasteiger charge is -2.03. The van der Waals surface area contributed by atoms with E-state index in [0.717, 1.165) is 15.8 Å². The third-order valence-corrected chi connectivity index (χ3v) is 2.34. The van der Waals surface area contributed by atoms with E-state index >= 15 is 0 Å². The van der Waals surface area contributed by atoms with Gasteiger partial charge >= 0.3 is 0 Å². The van der Waals surface area contributed by atoms with Gasteiger partial charge in [-0.1, -0.05) is 15.9 Å². The second-order valence-electron chi connectivity index (χ2n) is 2.36. The molecule has 0 aromatic heterocycles. The monoisotopic (exact) mass is 241 g/mol. The topological polar surface area (TPSA) is 38.7 Å². The fourth-order valence-corrected chi connectivity index (χ4v) is 1.29. The lowest BCUT2D eigenvalue weighted by molar-refractivity contribution is 0.414. The molecule has 0 spiro atoms. The molecule has 0 saturated carbocycles. The van der Waals surface area contributed by atoms with Crippen molar-refractivity contribution in [2.45, 2.75) is 6.54 Å². The number of isocyanates is 1. The molecule has 0 saturated heterocycles. The van der Waals surface area contributed by atoms with Crippen LogP contribution in [0.2, 0.25) is 0 Å². The van der Waals surface area contributed by atoms with E-state index in [1.165, 1.54) is 6.08 Å². The third-order valence-electron chi connectivity index (χ3n) is 1.57. The second-order valence-corrected chi connectivity index (χ2v) is 3.22. The molecule has 0 unspecified atom stereocenters. The molecule has 0 aliphatic carbocycles. The van der Waals surface area contributed by atoms with Crippen molar-refractivity contribution in [2.24, 2.45) is 4.99 Å². The van der Waals surface area contributed by atoms with Crippen LogP contribution in [0.25, 0.3) is 0 Å². The quantitative estimate of drug-likeness (QED) is 0.602. The number of hydrogen-bond donors (Lipinski definition) is 0. The van der Waals surface area contributed by atoms with Gasteiger partial charge in [0, 0.05) is 4.47 Å². The summed E-state index contributed by atoms with van der Waals surface area (Å²) in [5, 5.41) is 0. The standard InChI is InChI=1S/C9H8BrNO2/c1-13-8-2-3-9(10)7(4-8)5-11-6-12/h2-4H,5H2,1H3. The molecule has 0 bridgehead atoms. The van der Waals surface area contributed by atoms with Crippen LogP contribution in [0.15, 0.2) is 27.7 Å². The van der Waals surface area contributed by atoms with Gasteiger partial charge in [-0.05, 0) is 23.8 Å². The van der Waals surface area contributed by atoms with E-state index in [4.69, 9.17) is 4.74 Å². The van der Waals surface area contributed by atoms with Crippen molar-refractivity contribution in [3.05, 3.63) is 28.2 Å². The van der Waals surface area contributed by atoms with Gasteiger partial charge in [-0.25, -0.2) is 9.79 Å². The first-order valence-corrected chi connectivity index (χ1v) is 4.43. The molecule has 0 atom stereocenters. The predicted molar refractivity (Wildman–Crippen MR) is 52.5 cm³/mol. The van der Waals surface area contributed by atoms with Crippen molar-refractivity contribution < 1.29 is 9.53 Å². The molecule has 0 amide bonds. The van der Waals surface area contributed by atoms with Crippen LogP contribution in [0.4, 0.5) is 0 Å². The van der Waals surface area contributed by atoms with Crippen LogP contribution in [0.5, 0.6) is 5.75 Å². The molecule has 68 valence electrons. The summed E-state index contributed by atoms with van der Waals surface area (Å²) < 4.78 is 5.94. The first-order chi connectivity index (χ1) is 6.27. The largest absolute Gasteiger partial charge is 0.497 e. The maximum Gasteiger partial charge on any atom is 0.235 e. The van der Waals surface area contributed by atoms with E-state index in [1.807, 2.05) is 18.2 Å². The molecule has 0 N–H and O–H groups in total. The Labute approximate surface area is 84.6 Å². The highest BCUT2D eigenvalue weighted by Crippen LogP contribution is 2.22. The van der Waals surface area contributed by atoms with E-state index in [1.54, 1.807) is 7.11 Å². The normalized spacial score (nSPS) is 9.08. The van der Waals surface area contributed by atoms with Crippen LogP contribution < -0.4 is 4.74 Å². The molecular formula is C9H8BrNO2. The van der Waals surface area contributed by atoms with Gasteiger partial charge in [0.25, 0.3) is 0 Å². The average molecular weight is 242 g/mol. The summed E-state index contributed by atoms with van der Waals surface area (Å²) >= 11 is 3.34. The second kappa shape index (κ2) is 4.80. The molecule has 0 aliphatic heterocycles. The summed E-state index contributed by atoms with van der Waals surface area (Å²) in [6, 6.07) is 5.51. The molecule has 3 nitrogen and oxygen atoms in total. The zero-order valence-electron chi connectivity index (χ0n) is 7.08. The summed E-state index contributed by atoms with van der Waals surface area (Å²) in [6.45, 7) is 0.321. The molecule has 1 aromatic carbocycles. The highest BCUT2D eigenvalue weighted by Gasteiger charge is 2.00. The van der Waals surface area contributed by atoms with E-state index in [-0.39, 0.29) is 0 Å². The van der Waals surface area contributed by atoms with E-state index in [9.17, 15) is 4.79 Å². The van der Waals surface area contributed by atoms with E-state index in [2.05, 4.69) is 20.9 Å². The molecule has 13 heavy (non-hydrogen) atoms. The molecule has 0 fully saturated rings. The number of rotatable bonds is 3. The minimum Gasteiger partial charge on any atom is -0.497 e. The van der Waals surface area contributed by atoms with Gasteiger partial charge in [-0.2, -0.15) is 0 Å². The fraction of sp³-hybridized carbons (Fsp3) is 0.222. The van der Waals surface area contributed by atoms with Crippen LogP contribution in [-0.4, -0.2) is 13.2 Å². The minimum absolute atomic E-state index is 0.321. The summed E-state index contributed by atoms with van der Waals surface area (Å²) in [4.78, 5) is 13.4. The molecule has 0 radical (unpaired) electrons. The Balaban J connectivity index is 2.96. The molecule has 1 aromatic rings. The third kappa shape index (κ3) is 2.68. The van der Waals surface area contributed by atoms with Gasteiger partial charge in [-0.15, -0.1) is 0 Å². The van der Waals surface area contributed by atoms with E-state index in [0.29, 0.717) is 6.54 Å². The highest BCUT2D eigenvalue weighted by molar-refractivity contribution is 9.10. The van der Waals surface area contributed by atoms with Crippen LogP contribution in [-0.2, 0) is 11.3 Å². The smallest absolute Gasteiger partial charge is 0.235 e. The Morgan fingerprint density at radius 3 is 3.00 bits per heavy atom. The Morgan fingerprint density at radius 1 is 1.62 bits per heavy atom.